The van der Waals surface area contributed by atoms with Gasteiger partial charge in [-0.15, -0.1) is 18.8 Å². The van der Waals surface area contributed by atoms with E-state index in [1.165, 1.54) is 17.7 Å². The maximum atomic E-state index is 13.1. The van der Waals surface area contributed by atoms with E-state index in [0.717, 1.165) is 27.9 Å². The van der Waals surface area contributed by atoms with Gasteiger partial charge in [-0.2, -0.15) is 0 Å². The minimum atomic E-state index is -0.253. The van der Waals surface area contributed by atoms with Crippen LogP contribution in [-0.2, 0) is 6.54 Å². The Labute approximate surface area is 135 Å². The van der Waals surface area contributed by atoms with Crippen LogP contribution in [0, 0.1) is 32.0 Å². The van der Waals surface area contributed by atoms with E-state index in [2.05, 4.69) is 29.3 Å². The zero-order valence-corrected chi connectivity index (χ0v) is 13.2. The Morgan fingerprint density at radius 1 is 1.18 bits per heavy atom. The van der Waals surface area contributed by atoms with Gasteiger partial charge in [-0.1, -0.05) is 5.92 Å². The molecule has 0 N–H and O–H groups in total. The average Bonchev–Trinajstić information content (AvgIpc) is 2.74. The van der Waals surface area contributed by atoms with Gasteiger partial charge >= 0.3 is 0 Å². The third-order valence-corrected chi connectivity index (χ3v) is 3.91. The lowest BCUT2D eigenvalue weighted by Crippen LogP contribution is -2.00. The van der Waals surface area contributed by atoms with Crippen molar-refractivity contribution in [3.63, 3.8) is 0 Å². The molecule has 112 valence electrons. The van der Waals surface area contributed by atoms with Crippen LogP contribution >= 0.6 is 12.4 Å². The predicted octanol–water partition coefficient (Wildman–Crippen LogP) is 4.51. The number of hydrogen-bond acceptors (Lipinski definition) is 1. The molecule has 0 spiro atoms. The number of hydrogen-bond donors (Lipinski definition) is 0. The van der Waals surface area contributed by atoms with Gasteiger partial charge in [0.25, 0.3) is 0 Å². The van der Waals surface area contributed by atoms with Crippen LogP contribution in [0.15, 0.2) is 36.5 Å². The molecule has 0 saturated heterocycles. The average molecular weight is 315 g/mol. The summed E-state index contributed by atoms with van der Waals surface area (Å²) >= 11 is 0. The van der Waals surface area contributed by atoms with Gasteiger partial charge in [-0.3, -0.25) is 4.98 Å². The van der Waals surface area contributed by atoms with Crippen molar-refractivity contribution in [3.8, 4) is 23.6 Å². The number of benzene rings is 1. The summed E-state index contributed by atoms with van der Waals surface area (Å²) in [6.07, 6.45) is 7.28. The molecule has 0 aliphatic rings. The Morgan fingerprint density at radius 2 is 1.86 bits per heavy atom. The molecule has 0 aliphatic carbocycles. The molecule has 0 fully saturated rings. The highest BCUT2D eigenvalue weighted by atomic mass is 35.5. The van der Waals surface area contributed by atoms with Crippen molar-refractivity contribution in [1.29, 1.82) is 0 Å². The first-order valence-corrected chi connectivity index (χ1v) is 6.77. The first-order valence-electron chi connectivity index (χ1n) is 6.77. The van der Waals surface area contributed by atoms with Gasteiger partial charge in [0, 0.05) is 22.8 Å². The summed E-state index contributed by atoms with van der Waals surface area (Å²) < 4.78 is 15.2. The van der Waals surface area contributed by atoms with Crippen molar-refractivity contribution in [2.45, 2.75) is 20.4 Å². The number of halogens is 2. The van der Waals surface area contributed by atoms with E-state index in [-0.39, 0.29) is 18.2 Å². The zero-order chi connectivity index (χ0) is 15.0. The molecule has 0 unspecified atom stereocenters. The van der Waals surface area contributed by atoms with Crippen LogP contribution in [0.1, 0.15) is 11.3 Å². The van der Waals surface area contributed by atoms with Crippen LogP contribution < -0.4 is 0 Å². The summed E-state index contributed by atoms with van der Waals surface area (Å²) in [4.78, 5) is 4.49. The van der Waals surface area contributed by atoms with E-state index >= 15 is 0 Å². The fraction of sp³-hybridized carbons (Fsp3) is 0.167. The third-order valence-electron chi connectivity index (χ3n) is 3.91. The normalized spacial score (nSPS) is 10.3. The number of aryl methyl sites for hydroxylation is 1. The Hall–Kier alpha value is -2.31. The SMILES string of the molecule is C#CCn1c(C)c(C)c2ccnc(-c3ccc(F)cc3)c21.Cl. The smallest absolute Gasteiger partial charge is 0.123 e. The van der Waals surface area contributed by atoms with Gasteiger partial charge in [0.2, 0.25) is 0 Å². The number of pyridine rings is 1. The van der Waals surface area contributed by atoms with Crippen LogP contribution in [0.3, 0.4) is 0 Å². The van der Waals surface area contributed by atoms with E-state index in [1.807, 2.05) is 6.07 Å². The van der Waals surface area contributed by atoms with Crippen molar-refractivity contribution in [1.82, 2.24) is 9.55 Å². The number of rotatable bonds is 2. The predicted molar refractivity (Wildman–Crippen MR) is 90.7 cm³/mol. The van der Waals surface area contributed by atoms with Crippen LogP contribution in [-0.4, -0.2) is 9.55 Å². The van der Waals surface area contributed by atoms with E-state index in [4.69, 9.17) is 6.42 Å². The number of nitrogens with zero attached hydrogens (tertiary/aromatic N) is 2. The zero-order valence-electron chi connectivity index (χ0n) is 12.4. The van der Waals surface area contributed by atoms with Gasteiger partial charge in [0.05, 0.1) is 17.8 Å². The molecule has 3 rings (SSSR count). The lowest BCUT2D eigenvalue weighted by atomic mass is 10.1. The lowest BCUT2D eigenvalue weighted by molar-refractivity contribution is 0.628. The fourth-order valence-electron chi connectivity index (χ4n) is 2.70. The van der Waals surface area contributed by atoms with E-state index in [1.54, 1.807) is 18.3 Å². The van der Waals surface area contributed by atoms with Gasteiger partial charge in [-0.05, 0) is 49.7 Å². The molecular weight excluding hydrogens is 299 g/mol. The quantitative estimate of drug-likeness (QED) is 0.636. The highest BCUT2D eigenvalue weighted by molar-refractivity contribution is 5.95. The molecule has 4 heteroatoms. The first-order chi connectivity index (χ1) is 10.1. The van der Waals surface area contributed by atoms with Gasteiger partial charge in [0.1, 0.15) is 5.82 Å². The van der Waals surface area contributed by atoms with Crippen LogP contribution in [0.25, 0.3) is 22.2 Å². The second-order valence-electron chi connectivity index (χ2n) is 5.06. The number of terminal acetylenes is 1. The van der Waals surface area contributed by atoms with Crippen molar-refractivity contribution in [2.75, 3.05) is 0 Å². The standard InChI is InChI=1S/C18H15FN2.ClH/c1-4-11-21-13(3)12(2)16-9-10-20-17(18(16)21)14-5-7-15(19)8-6-14;/h1,5-10H,11H2,2-3H3;1H. The Balaban J connectivity index is 0.00000176. The number of fused-ring (bicyclic) bond motifs is 1. The molecule has 0 atom stereocenters. The molecular formula is C18H16ClFN2. The van der Waals surface area contributed by atoms with Crippen molar-refractivity contribution >= 4 is 23.3 Å². The van der Waals surface area contributed by atoms with E-state index in [9.17, 15) is 4.39 Å². The van der Waals surface area contributed by atoms with Crippen molar-refractivity contribution in [2.24, 2.45) is 0 Å². The second-order valence-corrected chi connectivity index (χ2v) is 5.06. The first kappa shape index (κ1) is 16.1. The molecule has 2 nitrogen and oxygen atoms in total. The Morgan fingerprint density at radius 3 is 2.50 bits per heavy atom. The largest absolute Gasteiger partial charge is 0.331 e. The maximum Gasteiger partial charge on any atom is 0.123 e. The molecule has 2 aromatic heterocycles. The van der Waals surface area contributed by atoms with Gasteiger partial charge in [-0.25, -0.2) is 4.39 Å². The van der Waals surface area contributed by atoms with Gasteiger partial charge in [0.15, 0.2) is 0 Å². The Kier molecular flexibility index (Phi) is 4.54. The maximum absolute atomic E-state index is 13.1. The molecule has 0 saturated carbocycles. The summed E-state index contributed by atoms with van der Waals surface area (Å²) in [5, 5.41) is 1.14. The third kappa shape index (κ3) is 2.47. The molecule has 1 aromatic carbocycles. The van der Waals surface area contributed by atoms with Crippen LogP contribution in [0.2, 0.25) is 0 Å². The minimum absolute atomic E-state index is 0. The van der Waals surface area contributed by atoms with E-state index in [0.29, 0.717) is 6.54 Å². The lowest BCUT2D eigenvalue weighted by Gasteiger charge is -2.08. The molecule has 0 aliphatic heterocycles. The molecule has 2 heterocycles. The van der Waals surface area contributed by atoms with Crippen molar-refractivity contribution < 1.29 is 4.39 Å². The Bertz CT molecular complexity index is 857. The summed E-state index contributed by atoms with van der Waals surface area (Å²) in [5.41, 5.74) is 5.07. The second kappa shape index (κ2) is 6.21. The number of aromatic nitrogens is 2. The molecule has 3 aromatic rings. The topological polar surface area (TPSA) is 17.8 Å². The summed E-state index contributed by atoms with van der Waals surface area (Å²) in [5.74, 6) is 2.44. The molecule has 0 bridgehead atoms. The fourth-order valence-corrected chi connectivity index (χ4v) is 2.70. The van der Waals surface area contributed by atoms with Gasteiger partial charge < -0.3 is 4.57 Å². The highest BCUT2D eigenvalue weighted by Crippen LogP contribution is 2.32. The summed E-state index contributed by atoms with van der Waals surface area (Å²) in [6, 6.07) is 8.38. The van der Waals surface area contributed by atoms with Crippen LogP contribution in [0.4, 0.5) is 4.39 Å². The van der Waals surface area contributed by atoms with Crippen molar-refractivity contribution in [3.05, 3.63) is 53.6 Å². The molecule has 22 heavy (non-hydrogen) atoms. The van der Waals surface area contributed by atoms with E-state index < -0.39 is 0 Å². The molecule has 0 amide bonds. The van der Waals surface area contributed by atoms with Crippen LogP contribution in [0.5, 0.6) is 0 Å². The summed E-state index contributed by atoms with van der Waals surface area (Å²) in [6.45, 7) is 4.64. The minimum Gasteiger partial charge on any atom is -0.331 e. The monoisotopic (exact) mass is 314 g/mol. The highest BCUT2D eigenvalue weighted by Gasteiger charge is 2.15. The summed E-state index contributed by atoms with van der Waals surface area (Å²) in [7, 11) is 0. The molecule has 0 radical (unpaired) electrons.